The Kier molecular flexibility index (Phi) is 4.39. The molecule has 2 heterocycles. The zero-order valence-electron chi connectivity index (χ0n) is 13.3. The Bertz CT molecular complexity index is 665. The molecule has 1 aromatic heterocycles. The van der Waals surface area contributed by atoms with Crippen molar-refractivity contribution in [2.75, 3.05) is 27.2 Å². The van der Waals surface area contributed by atoms with Gasteiger partial charge in [-0.3, -0.25) is 9.78 Å². The number of amides is 1. The minimum absolute atomic E-state index is 0.277. The van der Waals surface area contributed by atoms with Crippen molar-refractivity contribution in [1.82, 2.24) is 14.8 Å². The van der Waals surface area contributed by atoms with E-state index in [0.717, 1.165) is 31.6 Å². The maximum absolute atomic E-state index is 11.6. The molecule has 1 saturated heterocycles. The van der Waals surface area contributed by atoms with Crippen LogP contribution in [-0.2, 0) is 11.3 Å². The van der Waals surface area contributed by atoms with Crippen molar-refractivity contribution >= 4 is 16.8 Å². The first kappa shape index (κ1) is 15.0. The van der Waals surface area contributed by atoms with Crippen LogP contribution in [0, 0.1) is 5.92 Å². The number of pyridine rings is 1. The molecule has 0 saturated carbocycles. The smallest absolute Gasteiger partial charge is 0.222 e. The predicted octanol–water partition coefficient (Wildman–Crippen LogP) is 2.54. The first-order valence-corrected chi connectivity index (χ1v) is 7.88. The molecule has 2 aromatic rings. The second-order valence-corrected chi connectivity index (χ2v) is 6.36. The molecule has 1 aromatic carbocycles. The Morgan fingerprint density at radius 2 is 2.18 bits per heavy atom. The highest BCUT2D eigenvalue weighted by Crippen LogP contribution is 2.20. The minimum Gasteiger partial charge on any atom is -0.345 e. The van der Waals surface area contributed by atoms with Gasteiger partial charge in [-0.1, -0.05) is 18.2 Å². The van der Waals surface area contributed by atoms with Crippen molar-refractivity contribution in [3.05, 3.63) is 42.1 Å². The maximum Gasteiger partial charge on any atom is 0.222 e. The summed E-state index contributed by atoms with van der Waals surface area (Å²) in [6.45, 7) is 2.81. The van der Waals surface area contributed by atoms with Gasteiger partial charge < -0.3 is 9.80 Å². The average Bonchev–Trinajstić information content (AvgIpc) is 2.51. The van der Waals surface area contributed by atoms with Gasteiger partial charge in [-0.15, -0.1) is 0 Å². The number of hydrogen-bond donors (Lipinski definition) is 0. The van der Waals surface area contributed by atoms with Crippen LogP contribution in [0.5, 0.6) is 0 Å². The lowest BCUT2D eigenvalue weighted by molar-refractivity contribution is -0.133. The van der Waals surface area contributed by atoms with E-state index in [1.54, 1.807) is 0 Å². The van der Waals surface area contributed by atoms with Gasteiger partial charge in [0.25, 0.3) is 0 Å². The molecule has 0 spiro atoms. The summed E-state index contributed by atoms with van der Waals surface area (Å²) in [7, 11) is 4.07. The normalized spacial score (nSPS) is 19.1. The first-order valence-electron chi connectivity index (χ1n) is 7.88. The second-order valence-electron chi connectivity index (χ2n) is 6.36. The Morgan fingerprint density at radius 1 is 1.32 bits per heavy atom. The molecule has 0 aliphatic carbocycles. The van der Waals surface area contributed by atoms with E-state index < -0.39 is 0 Å². The van der Waals surface area contributed by atoms with Crippen LogP contribution in [0.15, 0.2) is 36.5 Å². The van der Waals surface area contributed by atoms with Gasteiger partial charge >= 0.3 is 0 Å². The van der Waals surface area contributed by atoms with Crippen LogP contribution >= 0.6 is 0 Å². The third kappa shape index (κ3) is 3.28. The van der Waals surface area contributed by atoms with Gasteiger partial charge in [-0.2, -0.15) is 0 Å². The fourth-order valence-electron chi connectivity index (χ4n) is 3.35. The summed E-state index contributed by atoms with van der Waals surface area (Å²) in [6.07, 6.45) is 3.53. The highest BCUT2D eigenvalue weighted by molar-refractivity contribution is 5.81. The summed E-state index contributed by atoms with van der Waals surface area (Å²) in [5.74, 6) is 0.847. The quantitative estimate of drug-likeness (QED) is 0.870. The van der Waals surface area contributed by atoms with Gasteiger partial charge in [-0.25, -0.2) is 0 Å². The Hall–Kier alpha value is -1.94. The molecule has 116 valence electrons. The molecule has 1 atom stereocenters. The summed E-state index contributed by atoms with van der Waals surface area (Å²) in [6, 6.07) is 10.4. The van der Waals surface area contributed by atoms with Crippen LogP contribution in [0.4, 0.5) is 0 Å². The lowest BCUT2D eigenvalue weighted by Gasteiger charge is -2.32. The number of carbonyl (C=O) groups excluding carboxylic acids is 1. The summed E-state index contributed by atoms with van der Waals surface area (Å²) in [5.41, 5.74) is 2.37. The first-order chi connectivity index (χ1) is 10.6. The van der Waals surface area contributed by atoms with E-state index in [-0.39, 0.29) is 5.91 Å². The largest absolute Gasteiger partial charge is 0.345 e. The van der Waals surface area contributed by atoms with Gasteiger partial charge in [0.15, 0.2) is 0 Å². The minimum atomic E-state index is 0.277. The van der Waals surface area contributed by atoms with Gasteiger partial charge in [-0.05, 0) is 37.1 Å². The fraction of sp³-hybridized carbons (Fsp3) is 0.444. The number of nitrogens with zero attached hydrogens (tertiary/aromatic N) is 3. The van der Waals surface area contributed by atoms with Crippen molar-refractivity contribution in [1.29, 1.82) is 0 Å². The van der Waals surface area contributed by atoms with Gasteiger partial charge in [0.1, 0.15) is 0 Å². The molecule has 1 unspecified atom stereocenters. The molecule has 22 heavy (non-hydrogen) atoms. The average molecular weight is 297 g/mol. The van der Waals surface area contributed by atoms with Crippen molar-refractivity contribution < 1.29 is 4.79 Å². The van der Waals surface area contributed by atoms with Crippen molar-refractivity contribution in [3.63, 3.8) is 0 Å². The molecule has 0 radical (unpaired) electrons. The molecule has 1 fully saturated rings. The zero-order valence-corrected chi connectivity index (χ0v) is 13.3. The molecule has 1 aliphatic rings. The van der Waals surface area contributed by atoms with Crippen molar-refractivity contribution in [2.24, 2.45) is 5.92 Å². The molecule has 1 aliphatic heterocycles. The van der Waals surface area contributed by atoms with Crippen LogP contribution in [0.3, 0.4) is 0 Å². The highest BCUT2D eigenvalue weighted by Gasteiger charge is 2.23. The number of hydrogen-bond acceptors (Lipinski definition) is 3. The predicted molar refractivity (Wildman–Crippen MR) is 88.4 cm³/mol. The highest BCUT2D eigenvalue weighted by atomic mass is 16.2. The van der Waals surface area contributed by atoms with Crippen LogP contribution < -0.4 is 0 Å². The summed E-state index contributed by atoms with van der Waals surface area (Å²) in [4.78, 5) is 20.2. The number of benzene rings is 1. The Morgan fingerprint density at radius 3 is 3.00 bits per heavy atom. The van der Waals surface area contributed by atoms with Gasteiger partial charge in [0, 0.05) is 44.7 Å². The number of rotatable bonds is 4. The Labute approximate surface area is 131 Å². The van der Waals surface area contributed by atoms with E-state index in [2.05, 4.69) is 41.2 Å². The van der Waals surface area contributed by atoms with E-state index in [1.807, 2.05) is 24.2 Å². The SMILES string of the molecule is CN(Cc1cccc2ncccc12)CC1CCC(=O)N(C)C1. The lowest BCUT2D eigenvalue weighted by atomic mass is 9.97. The molecule has 4 nitrogen and oxygen atoms in total. The summed E-state index contributed by atoms with van der Waals surface area (Å²) in [5, 5.41) is 1.23. The topological polar surface area (TPSA) is 36.4 Å². The van der Waals surface area contributed by atoms with E-state index in [9.17, 15) is 4.79 Å². The number of aromatic nitrogens is 1. The summed E-state index contributed by atoms with van der Waals surface area (Å²) >= 11 is 0. The third-order valence-electron chi connectivity index (χ3n) is 4.47. The monoisotopic (exact) mass is 297 g/mol. The standard InChI is InChI=1S/C18H23N3O/c1-20(11-14-8-9-18(22)21(2)12-14)13-15-5-3-7-17-16(15)6-4-10-19-17/h3-7,10,14H,8-9,11-13H2,1-2H3. The lowest BCUT2D eigenvalue weighted by Crippen LogP contribution is -2.41. The van der Waals surface area contributed by atoms with E-state index in [0.29, 0.717) is 12.3 Å². The van der Waals surface area contributed by atoms with Crippen molar-refractivity contribution in [2.45, 2.75) is 19.4 Å². The molecule has 1 amide bonds. The Balaban J connectivity index is 1.66. The molecular formula is C18H23N3O. The van der Waals surface area contributed by atoms with Crippen LogP contribution in [0.1, 0.15) is 18.4 Å². The van der Waals surface area contributed by atoms with Gasteiger partial charge in [0.05, 0.1) is 5.52 Å². The maximum atomic E-state index is 11.6. The zero-order chi connectivity index (χ0) is 15.5. The molecule has 0 bridgehead atoms. The molecule has 4 heteroatoms. The number of likely N-dealkylation sites (tertiary alicyclic amines) is 1. The molecule has 3 rings (SSSR count). The molecule has 0 N–H and O–H groups in total. The second kappa shape index (κ2) is 6.44. The van der Waals surface area contributed by atoms with E-state index in [4.69, 9.17) is 0 Å². The van der Waals surface area contributed by atoms with Gasteiger partial charge in [0.2, 0.25) is 5.91 Å². The van der Waals surface area contributed by atoms with Crippen LogP contribution in [0.2, 0.25) is 0 Å². The van der Waals surface area contributed by atoms with Crippen LogP contribution in [0.25, 0.3) is 10.9 Å². The number of fused-ring (bicyclic) bond motifs is 1. The van der Waals surface area contributed by atoms with Crippen molar-refractivity contribution in [3.8, 4) is 0 Å². The molecular weight excluding hydrogens is 274 g/mol. The van der Waals surface area contributed by atoms with E-state index in [1.165, 1.54) is 10.9 Å². The number of piperidine rings is 1. The third-order valence-corrected chi connectivity index (χ3v) is 4.47. The summed E-state index contributed by atoms with van der Waals surface area (Å²) < 4.78 is 0. The van der Waals surface area contributed by atoms with Crippen LogP contribution in [-0.4, -0.2) is 47.9 Å². The fourth-order valence-corrected chi connectivity index (χ4v) is 3.35. The number of carbonyl (C=O) groups is 1. The van der Waals surface area contributed by atoms with E-state index >= 15 is 0 Å².